The Morgan fingerprint density at radius 3 is 2.35 bits per heavy atom. The molecule has 9 heteroatoms. The summed E-state index contributed by atoms with van der Waals surface area (Å²) in [5.41, 5.74) is 14.1. The fourth-order valence-electron chi connectivity index (χ4n) is 2.14. The summed E-state index contributed by atoms with van der Waals surface area (Å²) in [7, 11) is -3.69. The Kier molecular flexibility index (Phi) is 7.63. The van der Waals surface area contributed by atoms with Crippen LogP contribution >= 0.6 is 12.4 Å². The van der Waals surface area contributed by atoms with E-state index in [0.717, 1.165) is 5.56 Å². The van der Waals surface area contributed by atoms with Gasteiger partial charge in [-0.1, -0.05) is 12.1 Å². The van der Waals surface area contributed by atoms with Crippen molar-refractivity contribution in [1.29, 1.82) is 0 Å². The van der Waals surface area contributed by atoms with E-state index in [1.165, 1.54) is 18.2 Å². The summed E-state index contributed by atoms with van der Waals surface area (Å²) >= 11 is 0. The first-order valence-corrected chi connectivity index (χ1v) is 9.03. The number of nitrogens with one attached hydrogen (secondary N) is 1. The van der Waals surface area contributed by atoms with Crippen molar-refractivity contribution in [1.82, 2.24) is 5.32 Å². The number of benzene rings is 2. The van der Waals surface area contributed by atoms with Crippen LogP contribution in [-0.2, 0) is 21.2 Å². The van der Waals surface area contributed by atoms with Crippen LogP contribution in [0.2, 0.25) is 0 Å². The summed E-state index contributed by atoms with van der Waals surface area (Å²) in [4.78, 5) is 11.9. The number of hydrogen-bond donors (Lipinski definition) is 4. The lowest BCUT2D eigenvalue weighted by Gasteiger charge is -2.05. The topological polar surface area (TPSA) is 141 Å². The number of carbonyl (C=O) groups excluding carboxylic acids is 1. The van der Waals surface area contributed by atoms with Gasteiger partial charge in [-0.15, -0.1) is 12.4 Å². The molecular formula is C17H21ClN4O3S. The summed E-state index contributed by atoms with van der Waals surface area (Å²) in [5.74, 6) is -0.261. The van der Waals surface area contributed by atoms with Crippen molar-refractivity contribution in [2.75, 3.05) is 18.0 Å². The predicted molar refractivity (Wildman–Crippen MR) is 106 cm³/mol. The normalized spacial score (nSPS) is 11.1. The van der Waals surface area contributed by atoms with E-state index in [2.05, 4.69) is 5.32 Å². The molecule has 0 unspecified atom stereocenters. The number of hydrogen-bond acceptors (Lipinski definition) is 5. The molecule has 2 aromatic carbocycles. The van der Waals surface area contributed by atoms with Crippen LogP contribution in [0.5, 0.6) is 0 Å². The average Bonchev–Trinajstić information content (AvgIpc) is 2.55. The molecule has 0 fully saturated rings. The zero-order valence-corrected chi connectivity index (χ0v) is 15.5. The van der Waals surface area contributed by atoms with Crippen molar-refractivity contribution >= 4 is 45.8 Å². The van der Waals surface area contributed by atoms with Gasteiger partial charge in [0.15, 0.2) is 0 Å². The molecule has 0 spiro atoms. The van der Waals surface area contributed by atoms with Gasteiger partial charge in [-0.3, -0.25) is 4.79 Å². The van der Waals surface area contributed by atoms with Gasteiger partial charge in [0, 0.05) is 24.0 Å². The number of rotatable bonds is 6. The first-order chi connectivity index (χ1) is 11.8. The molecule has 0 aliphatic carbocycles. The summed E-state index contributed by atoms with van der Waals surface area (Å²) in [5, 5.41) is 7.78. The largest absolute Gasteiger partial charge is 0.399 e. The van der Waals surface area contributed by atoms with Gasteiger partial charge < -0.3 is 16.8 Å². The molecule has 0 saturated heterocycles. The molecule has 0 bridgehead atoms. The molecule has 0 atom stereocenters. The highest BCUT2D eigenvalue weighted by atomic mass is 35.5. The Labute approximate surface area is 158 Å². The summed E-state index contributed by atoms with van der Waals surface area (Å²) in [6, 6.07) is 11.3. The highest BCUT2D eigenvalue weighted by Crippen LogP contribution is 2.16. The van der Waals surface area contributed by atoms with Crippen LogP contribution in [0.1, 0.15) is 11.1 Å². The first-order valence-electron chi connectivity index (χ1n) is 7.48. The molecule has 0 aliphatic heterocycles. The minimum atomic E-state index is -3.69. The van der Waals surface area contributed by atoms with Gasteiger partial charge in [0.2, 0.25) is 15.9 Å². The molecule has 0 radical (unpaired) electrons. The fourth-order valence-corrected chi connectivity index (χ4v) is 2.65. The maximum absolute atomic E-state index is 11.8. The van der Waals surface area contributed by atoms with Crippen LogP contribution in [0, 0.1) is 0 Å². The van der Waals surface area contributed by atoms with Crippen LogP contribution in [-0.4, -0.2) is 20.9 Å². The monoisotopic (exact) mass is 396 g/mol. The Bertz CT molecular complexity index is 897. The third kappa shape index (κ3) is 6.40. The van der Waals surface area contributed by atoms with Gasteiger partial charge in [-0.05, 0) is 54.0 Å². The second kappa shape index (κ2) is 9.23. The standard InChI is InChI=1S/C17H20N4O3S.ClH/c18-14-4-7-16(19)13(11-14)3-8-17(22)21-10-9-12-1-5-15(6-2-12)25(20,23)24;/h1-8,11H,9-10,18-19H2,(H,21,22)(H2,20,23,24);1H. The van der Waals surface area contributed by atoms with E-state index < -0.39 is 10.0 Å². The lowest BCUT2D eigenvalue weighted by Crippen LogP contribution is -2.23. The van der Waals surface area contributed by atoms with Crippen LogP contribution in [0.4, 0.5) is 11.4 Å². The van der Waals surface area contributed by atoms with Crippen LogP contribution in [0.15, 0.2) is 53.4 Å². The molecule has 2 aromatic rings. The van der Waals surface area contributed by atoms with E-state index in [9.17, 15) is 13.2 Å². The number of nitrogen functional groups attached to an aromatic ring is 2. The molecule has 140 valence electrons. The lowest BCUT2D eigenvalue weighted by molar-refractivity contribution is -0.116. The van der Waals surface area contributed by atoms with Crippen molar-refractivity contribution in [2.45, 2.75) is 11.3 Å². The first kappa shape index (κ1) is 21.5. The summed E-state index contributed by atoms with van der Waals surface area (Å²) in [6.45, 7) is 0.407. The molecule has 2 rings (SSSR count). The van der Waals surface area contributed by atoms with E-state index in [-0.39, 0.29) is 23.2 Å². The molecule has 0 heterocycles. The Morgan fingerprint density at radius 2 is 1.73 bits per heavy atom. The number of anilines is 2. The van der Waals surface area contributed by atoms with Gasteiger partial charge in [0.1, 0.15) is 0 Å². The smallest absolute Gasteiger partial charge is 0.244 e. The number of halogens is 1. The third-order valence-electron chi connectivity index (χ3n) is 3.49. The average molecular weight is 397 g/mol. The van der Waals surface area contributed by atoms with E-state index in [0.29, 0.717) is 29.9 Å². The molecule has 7 nitrogen and oxygen atoms in total. The van der Waals surface area contributed by atoms with E-state index in [1.807, 2.05) is 0 Å². The molecule has 0 aliphatic rings. The Balaban J connectivity index is 0.00000338. The zero-order chi connectivity index (χ0) is 18.4. The van der Waals surface area contributed by atoms with Crippen molar-refractivity contribution in [3.05, 3.63) is 59.7 Å². The van der Waals surface area contributed by atoms with Gasteiger partial charge >= 0.3 is 0 Å². The molecular weight excluding hydrogens is 376 g/mol. The minimum absolute atomic E-state index is 0. The highest BCUT2D eigenvalue weighted by molar-refractivity contribution is 7.89. The molecule has 0 saturated carbocycles. The number of nitrogens with two attached hydrogens (primary N) is 3. The van der Waals surface area contributed by atoms with E-state index in [1.54, 1.807) is 36.4 Å². The van der Waals surface area contributed by atoms with Gasteiger partial charge in [0.25, 0.3) is 0 Å². The third-order valence-corrected chi connectivity index (χ3v) is 4.42. The van der Waals surface area contributed by atoms with E-state index >= 15 is 0 Å². The van der Waals surface area contributed by atoms with Crippen LogP contribution < -0.4 is 21.9 Å². The molecule has 26 heavy (non-hydrogen) atoms. The van der Waals surface area contributed by atoms with Gasteiger partial charge in [-0.25, -0.2) is 13.6 Å². The number of carbonyl (C=O) groups is 1. The Morgan fingerprint density at radius 1 is 1.08 bits per heavy atom. The maximum Gasteiger partial charge on any atom is 0.244 e. The van der Waals surface area contributed by atoms with Crippen molar-refractivity contribution in [3.8, 4) is 0 Å². The number of sulfonamides is 1. The zero-order valence-electron chi connectivity index (χ0n) is 13.9. The quantitative estimate of drug-likeness (QED) is 0.430. The maximum atomic E-state index is 11.8. The SMILES string of the molecule is Cl.Nc1ccc(N)c(C=CC(=O)NCCc2ccc(S(N)(=O)=O)cc2)c1. The molecule has 0 aromatic heterocycles. The molecule has 1 amide bonds. The second-order valence-electron chi connectivity index (χ2n) is 5.45. The number of primary sulfonamides is 1. The summed E-state index contributed by atoms with van der Waals surface area (Å²) in [6.07, 6.45) is 3.54. The van der Waals surface area contributed by atoms with Crippen LogP contribution in [0.3, 0.4) is 0 Å². The van der Waals surface area contributed by atoms with Gasteiger partial charge in [-0.2, -0.15) is 0 Å². The van der Waals surface area contributed by atoms with E-state index in [4.69, 9.17) is 16.6 Å². The second-order valence-corrected chi connectivity index (χ2v) is 7.01. The van der Waals surface area contributed by atoms with Gasteiger partial charge in [0.05, 0.1) is 4.90 Å². The number of amides is 1. The predicted octanol–water partition coefficient (Wildman–Crippen LogP) is 1.29. The fraction of sp³-hybridized carbons (Fsp3) is 0.118. The minimum Gasteiger partial charge on any atom is -0.399 e. The van der Waals surface area contributed by atoms with Crippen molar-refractivity contribution in [3.63, 3.8) is 0 Å². The van der Waals surface area contributed by atoms with Crippen molar-refractivity contribution < 1.29 is 13.2 Å². The highest BCUT2D eigenvalue weighted by Gasteiger charge is 2.06. The lowest BCUT2D eigenvalue weighted by atomic mass is 10.1. The van der Waals surface area contributed by atoms with Crippen molar-refractivity contribution in [2.24, 2.45) is 5.14 Å². The Hall–Kier alpha value is -2.55. The molecule has 7 N–H and O–H groups in total. The summed E-state index contributed by atoms with van der Waals surface area (Å²) < 4.78 is 22.4. The van der Waals surface area contributed by atoms with Crippen LogP contribution in [0.25, 0.3) is 6.08 Å².